The van der Waals surface area contributed by atoms with Crippen LogP contribution in [0.15, 0.2) is 18.2 Å². The summed E-state index contributed by atoms with van der Waals surface area (Å²) in [7, 11) is 0. The molecular weight excluding hydrogens is 248 g/mol. The standard InChI is InChI=1S/C14H19ClN2O/c1-3-16-6-7-17(9-11(16)2)13-5-4-12(10-18)14(15)8-13/h4-5,8,10-11H,3,6-7,9H2,1-2H3. The summed E-state index contributed by atoms with van der Waals surface area (Å²) >= 11 is 6.07. The Morgan fingerprint density at radius 2 is 2.22 bits per heavy atom. The quantitative estimate of drug-likeness (QED) is 0.786. The number of piperazine rings is 1. The second-order valence-corrected chi connectivity index (χ2v) is 5.15. The van der Waals surface area contributed by atoms with Crippen LogP contribution in [0.25, 0.3) is 0 Å². The Morgan fingerprint density at radius 1 is 1.44 bits per heavy atom. The fourth-order valence-electron chi connectivity index (χ4n) is 2.51. The molecule has 98 valence electrons. The molecule has 1 aliphatic heterocycles. The van der Waals surface area contributed by atoms with Gasteiger partial charge in [0.05, 0.1) is 5.02 Å². The SMILES string of the molecule is CCN1CCN(c2ccc(C=O)c(Cl)c2)CC1C. The summed E-state index contributed by atoms with van der Waals surface area (Å²) in [5.74, 6) is 0. The normalized spacial score (nSPS) is 21.1. The van der Waals surface area contributed by atoms with Gasteiger partial charge in [0.25, 0.3) is 0 Å². The Morgan fingerprint density at radius 3 is 2.78 bits per heavy atom. The summed E-state index contributed by atoms with van der Waals surface area (Å²) in [6, 6.07) is 6.21. The summed E-state index contributed by atoms with van der Waals surface area (Å²) in [5.41, 5.74) is 1.66. The van der Waals surface area contributed by atoms with Crippen molar-refractivity contribution in [2.45, 2.75) is 19.9 Å². The van der Waals surface area contributed by atoms with E-state index >= 15 is 0 Å². The summed E-state index contributed by atoms with van der Waals surface area (Å²) in [6.07, 6.45) is 0.795. The van der Waals surface area contributed by atoms with Crippen LogP contribution >= 0.6 is 11.6 Å². The first-order chi connectivity index (χ1) is 8.65. The van der Waals surface area contributed by atoms with E-state index in [9.17, 15) is 4.79 Å². The van der Waals surface area contributed by atoms with E-state index in [1.54, 1.807) is 6.07 Å². The number of anilines is 1. The minimum Gasteiger partial charge on any atom is -0.369 e. The molecule has 1 aromatic rings. The van der Waals surface area contributed by atoms with Crippen LogP contribution in [0.1, 0.15) is 24.2 Å². The first kappa shape index (κ1) is 13.4. The number of hydrogen-bond acceptors (Lipinski definition) is 3. The van der Waals surface area contributed by atoms with Crippen LogP contribution in [-0.4, -0.2) is 43.4 Å². The monoisotopic (exact) mass is 266 g/mol. The van der Waals surface area contributed by atoms with Gasteiger partial charge >= 0.3 is 0 Å². The molecule has 1 heterocycles. The topological polar surface area (TPSA) is 23.6 Å². The van der Waals surface area contributed by atoms with Crippen LogP contribution in [0, 0.1) is 0 Å². The lowest BCUT2D eigenvalue weighted by molar-refractivity contribution is 0.112. The number of benzene rings is 1. The number of carbonyl (C=O) groups excluding carboxylic acids is 1. The Labute approximate surface area is 113 Å². The maximum Gasteiger partial charge on any atom is 0.151 e. The molecule has 0 aromatic heterocycles. The molecule has 1 atom stereocenters. The maximum atomic E-state index is 10.7. The van der Waals surface area contributed by atoms with Crippen molar-refractivity contribution in [2.24, 2.45) is 0 Å². The first-order valence-electron chi connectivity index (χ1n) is 6.39. The van der Waals surface area contributed by atoms with E-state index < -0.39 is 0 Å². The van der Waals surface area contributed by atoms with Crippen molar-refractivity contribution in [1.82, 2.24) is 4.90 Å². The fraction of sp³-hybridized carbons (Fsp3) is 0.500. The predicted molar refractivity (Wildman–Crippen MR) is 75.8 cm³/mol. The third-order valence-corrected chi connectivity index (χ3v) is 3.97. The molecule has 1 aromatic carbocycles. The molecule has 1 fully saturated rings. The lowest BCUT2D eigenvalue weighted by Crippen LogP contribution is -2.51. The maximum absolute atomic E-state index is 10.7. The molecule has 1 unspecified atom stereocenters. The number of nitrogens with zero attached hydrogens (tertiary/aromatic N) is 2. The van der Waals surface area contributed by atoms with Crippen LogP contribution < -0.4 is 4.90 Å². The van der Waals surface area contributed by atoms with Gasteiger partial charge in [-0.3, -0.25) is 9.69 Å². The zero-order chi connectivity index (χ0) is 13.1. The zero-order valence-corrected chi connectivity index (χ0v) is 11.7. The van der Waals surface area contributed by atoms with Crippen LogP contribution in [0.3, 0.4) is 0 Å². The Hall–Kier alpha value is -1.06. The number of carbonyl (C=O) groups is 1. The van der Waals surface area contributed by atoms with Crippen LogP contribution in [0.5, 0.6) is 0 Å². The van der Waals surface area contributed by atoms with Gasteiger partial charge in [0.15, 0.2) is 6.29 Å². The second kappa shape index (κ2) is 5.72. The van der Waals surface area contributed by atoms with Crippen molar-refractivity contribution in [3.8, 4) is 0 Å². The highest BCUT2D eigenvalue weighted by Gasteiger charge is 2.22. The minimum atomic E-state index is 0.535. The van der Waals surface area contributed by atoms with Gasteiger partial charge in [0.2, 0.25) is 0 Å². The van der Waals surface area contributed by atoms with Gasteiger partial charge in [0.1, 0.15) is 0 Å². The van der Waals surface area contributed by atoms with Gasteiger partial charge in [-0.05, 0) is 31.7 Å². The van der Waals surface area contributed by atoms with E-state index in [1.165, 1.54) is 0 Å². The number of aldehydes is 1. The van der Waals surface area contributed by atoms with Gasteiger partial charge in [-0.1, -0.05) is 18.5 Å². The first-order valence-corrected chi connectivity index (χ1v) is 6.77. The molecule has 18 heavy (non-hydrogen) atoms. The van der Waals surface area contributed by atoms with Crippen molar-refractivity contribution in [3.05, 3.63) is 28.8 Å². The Bertz CT molecular complexity index is 436. The minimum absolute atomic E-state index is 0.535. The highest BCUT2D eigenvalue weighted by atomic mass is 35.5. The smallest absolute Gasteiger partial charge is 0.151 e. The molecule has 3 nitrogen and oxygen atoms in total. The summed E-state index contributed by atoms with van der Waals surface area (Å²) in [5, 5.41) is 0.535. The second-order valence-electron chi connectivity index (χ2n) is 4.75. The average molecular weight is 267 g/mol. The lowest BCUT2D eigenvalue weighted by atomic mass is 10.1. The van der Waals surface area contributed by atoms with Gasteiger partial charge < -0.3 is 4.90 Å². The molecule has 0 N–H and O–H groups in total. The zero-order valence-electron chi connectivity index (χ0n) is 10.9. The lowest BCUT2D eigenvalue weighted by Gasteiger charge is -2.40. The summed E-state index contributed by atoms with van der Waals surface area (Å²) in [4.78, 5) is 15.5. The molecule has 1 saturated heterocycles. The van der Waals surface area contributed by atoms with Gasteiger partial charge in [-0.15, -0.1) is 0 Å². The van der Waals surface area contributed by atoms with E-state index in [0.29, 0.717) is 16.6 Å². The molecule has 4 heteroatoms. The van der Waals surface area contributed by atoms with Crippen molar-refractivity contribution in [3.63, 3.8) is 0 Å². The molecule has 0 radical (unpaired) electrons. The molecule has 0 bridgehead atoms. The fourth-order valence-corrected chi connectivity index (χ4v) is 2.73. The van der Waals surface area contributed by atoms with E-state index in [0.717, 1.165) is 38.2 Å². The largest absolute Gasteiger partial charge is 0.369 e. The highest BCUT2D eigenvalue weighted by molar-refractivity contribution is 6.33. The number of likely N-dealkylation sites (N-methyl/N-ethyl adjacent to an activating group) is 1. The van der Waals surface area contributed by atoms with E-state index in [-0.39, 0.29) is 0 Å². The van der Waals surface area contributed by atoms with Gasteiger partial charge in [0, 0.05) is 36.9 Å². The number of rotatable bonds is 3. The molecule has 0 spiro atoms. The van der Waals surface area contributed by atoms with Crippen LogP contribution in [0.2, 0.25) is 5.02 Å². The summed E-state index contributed by atoms with van der Waals surface area (Å²) < 4.78 is 0. The van der Waals surface area contributed by atoms with Crippen LogP contribution in [-0.2, 0) is 0 Å². The predicted octanol–water partition coefficient (Wildman–Crippen LogP) is 2.68. The number of hydrogen-bond donors (Lipinski definition) is 0. The van der Waals surface area contributed by atoms with Crippen LogP contribution in [0.4, 0.5) is 5.69 Å². The summed E-state index contributed by atoms with van der Waals surface area (Å²) in [6.45, 7) is 8.63. The Kier molecular flexibility index (Phi) is 4.25. The molecule has 1 aliphatic rings. The van der Waals surface area contributed by atoms with Crippen molar-refractivity contribution >= 4 is 23.6 Å². The van der Waals surface area contributed by atoms with Crippen molar-refractivity contribution in [2.75, 3.05) is 31.1 Å². The third kappa shape index (κ3) is 2.68. The molecule has 0 aliphatic carbocycles. The van der Waals surface area contributed by atoms with E-state index in [1.807, 2.05) is 12.1 Å². The average Bonchev–Trinajstić information content (AvgIpc) is 2.38. The van der Waals surface area contributed by atoms with Crippen molar-refractivity contribution < 1.29 is 4.79 Å². The van der Waals surface area contributed by atoms with Gasteiger partial charge in [-0.2, -0.15) is 0 Å². The van der Waals surface area contributed by atoms with Crippen molar-refractivity contribution in [1.29, 1.82) is 0 Å². The Balaban J connectivity index is 2.13. The molecule has 0 amide bonds. The van der Waals surface area contributed by atoms with E-state index in [2.05, 4.69) is 23.6 Å². The molecular formula is C14H19ClN2O. The third-order valence-electron chi connectivity index (χ3n) is 3.65. The highest BCUT2D eigenvalue weighted by Crippen LogP contribution is 2.24. The molecule has 0 saturated carbocycles. The molecule has 2 rings (SSSR count). The van der Waals surface area contributed by atoms with Gasteiger partial charge in [-0.25, -0.2) is 0 Å². The number of halogens is 1. The van der Waals surface area contributed by atoms with E-state index in [4.69, 9.17) is 11.6 Å².